The van der Waals surface area contributed by atoms with Gasteiger partial charge in [-0.25, -0.2) is 0 Å². The van der Waals surface area contributed by atoms with Gasteiger partial charge in [0.25, 0.3) is 5.78 Å². The molecule has 0 radical (unpaired) electrons. The second-order valence-electron chi connectivity index (χ2n) is 11.4. The molecule has 0 bridgehead atoms. The van der Waals surface area contributed by atoms with Crippen LogP contribution in [0.15, 0.2) is 119 Å². The number of aliphatic hydroxyl groups excluding tert-OH is 1. The SMILES string of the molecule is Cc1ccccc1COc1ccc(C(O)=C2C(=O)C(=O)N(c3nnc(SCc4cccc5ccccc45)s3)C2c2ccc(Cl)c(Cl)c2)cc1. The molecule has 1 atom stereocenters. The molecule has 0 aliphatic carbocycles. The summed E-state index contributed by atoms with van der Waals surface area (Å²) in [6, 6.07) is 32.8. The van der Waals surface area contributed by atoms with Crippen LogP contribution in [0.2, 0.25) is 10.0 Å². The molecule has 1 amide bonds. The third-order valence-corrected chi connectivity index (χ3v) is 11.2. The van der Waals surface area contributed by atoms with Gasteiger partial charge in [-0.2, -0.15) is 0 Å². The molecular weight excluding hydrogens is 697 g/mol. The van der Waals surface area contributed by atoms with Gasteiger partial charge in [0.05, 0.1) is 21.7 Å². The number of Topliss-reactive ketones (excluding diaryl/α,β-unsaturated/α-hetero) is 1. The van der Waals surface area contributed by atoms with E-state index < -0.39 is 17.7 Å². The minimum atomic E-state index is -1.03. The summed E-state index contributed by atoms with van der Waals surface area (Å²) in [5.41, 5.74) is 4.04. The zero-order valence-electron chi connectivity index (χ0n) is 26.0. The highest BCUT2D eigenvalue weighted by Crippen LogP contribution is 2.45. The molecule has 5 aromatic carbocycles. The molecule has 1 aliphatic heterocycles. The summed E-state index contributed by atoms with van der Waals surface area (Å²) in [5.74, 6) is -0.803. The Morgan fingerprint density at radius 3 is 2.41 bits per heavy atom. The van der Waals surface area contributed by atoms with Crippen molar-refractivity contribution in [2.24, 2.45) is 0 Å². The third kappa shape index (κ3) is 6.67. The molecule has 1 N–H and O–H groups in total. The molecule has 1 aliphatic rings. The van der Waals surface area contributed by atoms with Crippen LogP contribution in [0.5, 0.6) is 5.75 Å². The van der Waals surface area contributed by atoms with Gasteiger partial charge in [-0.1, -0.05) is 119 Å². The van der Waals surface area contributed by atoms with Crippen molar-refractivity contribution < 1.29 is 19.4 Å². The summed E-state index contributed by atoms with van der Waals surface area (Å²) in [6.45, 7) is 2.40. The highest BCUT2D eigenvalue weighted by atomic mass is 35.5. The van der Waals surface area contributed by atoms with E-state index in [-0.39, 0.29) is 21.5 Å². The highest BCUT2D eigenvalue weighted by Gasteiger charge is 2.48. The molecule has 1 fully saturated rings. The van der Waals surface area contributed by atoms with Crippen LogP contribution in [0, 0.1) is 6.92 Å². The number of fused-ring (bicyclic) bond motifs is 1. The lowest BCUT2D eigenvalue weighted by molar-refractivity contribution is -0.132. The average Bonchev–Trinajstić information content (AvgIpc) is 3.69. The zero-order valence-corrected chi connectivity index (χ0v) is 29.1. The van der Waals surface area contributed by atoms with E-state index in [1.807, 2.05) is 49.4 Å². The lowest BCUT2D eigenvalue weighted by atomic mass is 9.95. The number of aliphatic hydroxyl groups is 1. The summed E-state index contributed by atoms with van der Waals surface area (Å²) in [5, 5.41) is 23.3. The van der Waals surface area contributed by atoms with E-state index in [0.29, 0.717) is 38.6 Å². The van der Waals surface area contributed by atoms with E-state index in [1.54, 1.807) is 42.5 Å². The number of ether oxygens (including phenoxy) is 1. The molecule has 244 valence electrons. The number of rotatable bonds is 9. The zero-order chi connectivity index (χ0) is 34.1. The Labute approximate surface area is 300 Å². The first-order chi connectivity index (χ1) is 23.8. The maximum Gasteiger partial charge on any atom is 0.301 e. The number of hydrogen-bond acceptors (Lipinski definition) is 8. The number of hydrogen-bond donors (Lipinski definition) is 1. The van der Waals surface area contributed by atoms with Gasteiger partial charge in [0.2, 0.25) is 5.13 Å². The smallest absolute Gasteiger partial charge is 0.301 e. The summed E-state index contributed by atoms with van der Waals surface area (Å²) in [6.07, 6.45) is 0. The third-order valence-electron chi connectivity index (χ3n) is 8.32. The molecule has 7 rings (SSSR count). The maximum absolute atomic E-state index is 13.7. The summed E-state index contributed by atoms with van der Waals surface area (Å²) < 4.78 is 6.59. The normalized spacial score (nSPS) is 15.7. The Morgan fingerprint density at radius 2 is 1.61 bits per heavy atom. The maximum atomic E-state index is 13.7. The second kappa shape index (κ2) is 14.1. The first-order valence-electron chi connectivity index (χ1n) is 15.2. The van der Waals surface area contributed by atoms with E-state index in [0.717, 1.165) is 27.5 Å². The summed E-state index contributed by atoms with van der Waals surface area (Å²) in [7, 11) is 0. The van der Waals surface area contributed by atoms with Gasteiger partial charge >= 0.3 is 5.91 Å². The van der Waals surface area contributed by atoms with Crippen LogP contribution in [0.4, 0.5) is 5.13 Å². The molecule has 7 nitrogen and oxygen atoms in total. The van der Waals surface area contributed by atoms with Crippen molar-refractivity contribution in [1.82, 2.24) is 10.2 Å². The molecular formula is C38H27Cl2N3O4S2. The number of carbonyl (C=O) groups excluding carboxylic acids is 2. The van der Waals surface area contributed by atoms with Gasteiger partial charge in [0, 0.05) is 11.3 Å². The Kier molecular flexibility index (Phi) is 9.42. The van der Waals surface area contributed by atoms with E-state index >= 15 is 0 Å². The number of amides is 1. The number of aryl methyl sites for hydroxylation is 1. The molecule has 1 saturated heterocycles. The molecule has 2 heterocycles. The fourth-order valence-electron chi connectivity index (χ4n) is 5.74. The first kappa shape index (κ1) is 32.9. The Morgan fingerprint density at radius 1 is 0.878 bits per heavy atom. The number of nitrogens with zero attached hydrogens (tertiary/aromatic N) is 3. The average molecular weight is 725 g/mol. The molecule has 0 saturated carbocycles. The van der Waals surface area contributed by atoms with Crippen LogP contribution in [0.25, 0.3) is 16.5 Å². The fraction of sp³-hybridized carbons (Fsp3) is 0.105. The van der Waals surface area contributed by atoms with Gasteiger partial charge in [-0.15, -0.1) is 10.2 Å². The predicted molar refractivity (Wildman–Crippen MR) is 197 cm³/mol. The summed E-state index contributed by atoms with van der Waals surface area (Å²) >= 11 is 15.3. The number of carbonyl (C=O) groups is 2. The molecule has 1 unspecified atom stereocenters. The van der Waals surface area contributed by atoms with Crippen LogP contribution in [0.1, 0.15) is 33.9 Å². The minimum absolute atomic E-state index is 0.0999. The Bertz CT molecular complexity index is 2250. The number of aromatic nitrogens is 2. The van der Waals surface area contributed by atoms with Crippen molar-refractivity contribution in [2.45, 2.75) is 29.7 Å². The van der Waals surface area contributed by atoms with Crippen LogP contribution < -0.4 is 9.64 Å². The van der Waals surface area contributed by atoms with Gasteiger partial charge in [0.1, 0.15) is 18.1 Å². The van der Waals surface area contributed by atoms with Crippen molar-refractivity contribution >= 4 is 79.7 Å². The van der Waals surface area contributed by atoms with Crippen molar-refractivity contribution in [3.63, 3.8) is 0 Å². The van der Waals surface area contributed by atoms with E-state index in [9.17, 15) is 14.7 Å². The number of halogens is 2. The minimum Gasteiger partial charge on any atom is -0.507 e. The second-order valence-corrected chi connectivity index (χ2v) is 14.4. The van der Waals surface area contributed by atoms with Crippen LogP contribution in [-0.4, -0.2) is 27.0 Å². The molecule has 6 aromatic rings. The van der Waals surface area contributed by atoms with E-state index in [4.69, 9.17) is 27.9 Å². The topological polar surface area (TPSA) is 92.6 Å². The van der Waals surface area contributed by atoms with Crippen LogP contribution in [-0.2, 0) is 21.9 Å². The van der Waals surface area contributed by atoms with Crippen LogP contribution >= 0.6 is 46.3 Å². The largest absolute Gasteiger partial charge is 0.507 e. The van der Waals surface area contributed by atoms with E-state index in [1.165, 1.54) is 28.0 Å². The molecule has 11 heteroatoms. The predicted octanol–water partition coefficient (Wildman–Crippen LogP) is 9.80. The quantitative estimate of drug-likeness (QED) is 0.0522. The van der Waals surface area contributed by atoms with Crippen molar-refractivity contribution in [3.05, 3.63) is 153 Å². The van der Waals surface area contributed by atoms with E-state index in [2.05, 4.69) is 34.5 Å². The number of anilines is 1. The Balaban J connectivity index is 1.19. The van der Waals surface area contributed by atoms with Crippen molar-refractivity contribution in [3.8, 4) is 5.75 Å². The highest BCUT2D eigenvalue weighted by molar-refractivity contribution is 8.00. The number of ketones is 1. The lowest BCUT2D eigenvalue weighted by Crippen LogP contribution is -2.29. The molecule has 0 spiro atoms. The standard InChI is InChI=1S/C38H27Cl2N3O4S2/c1-22-7-2-3-9-26(22)20-47-28-16-13-24(14-17-28)34(44)32-33(25-15-18-30(39)31(40)19-25)43(36(46)35(32)45)37-41-42-38(49-37)48-21-27-11-6-10-23-8-4-5-12-29(23)27/h2-19,33,44H,20-21H2,1H3. The van der Waals surface area contributed by atoms with Gasteiger partial charge < -0.3 is 9.84 Å². The van der Waals surface area contributed by atoms with Gasteiger partial charge in [-0.05, 0) is 76.3 Å². The summed E-state index contributed by atoms with van der Waals surface area (Å²) in [4.78, 5) is 28.7. The van der Waals surface area contributed by atoms with Crippen molar-refractivity contribution in [2.75, 3.05) is 4.90 Å². The van der Waals surface area contributed by atoms with Gasteiger partial charge in [0.15, 0.2) is 4.34 Å². The monoisotopic (exact) mass is 723 g/mol. The lowest BCUT2D eigenvalue weighted by Gasteiger charge is -2.23. The molecule has 1 aromatic heterocycles. The fourth-order valence-corrected chi connectivity index (χ4v) is 7.92. The van der Waals surface area contributed by atoms with Crippen LogP contribution in [0.3, 0.4) is 0 Å². The number of benzene rings is 5. The van der Waals surface area contributed by atoms with Gasteiger partial charge in [-0.3, -0.25) is 14.5 Å². The molecule has 49 heavy (non-hydrogen) atoms. The Hall–Kier alpha value is -4.67. The number of thioether (sulfide) groups is 1. The first-order valence-corrected chi connectivity index (χ1v) is 17.8. The van der Waals surface area contributed by atoms with Crippen molar-refractivity contribution in [1.29, 1.82) is 0 Å².